The zero-order valence-electron chi connectivity index (χ0n) is 10.6. The molecule has 0 aliphatic rings. The molecule has 1 amide bonds. The van der Waals surface area contributed by atoms with Crippen molar-refractivity contribution in [2.75, 3.05) is 6.54 Å². The molecule has 0 spiro atoms. The fourth-order valence-electron chi connectivity index (χ4n) is 1.72. The SMILES string of the molecule is CCNC(=O)c1cn(-c2ccccc2)nc1C(F)(F)F. The topological polar surface area (TPSA) is 46.9 Å². The lowest BCUT2D eigenvalue weighted by Crippen LogP contribution is -2.25. The highest BCUT2D eigenvalue weighted by molar-refractivity contribution is 5.95. The Kier molecular flexibility index (Phi) is 3.78. The first-order chi connectivity index (χ1) is 9.43. The van der Waals surface area contributed by atoms with Crippen molar-refractivity contribution in [2.45, 2.75) is 13.1 Å². The van der Waals surface area contributed by atoms with Gasteiger partial charge >= 0.3 is 6.18 Å². The molecular weight excluding hydrogens is 271 g/mol. The van der Waals surface area contributed by atoms with E-state index in [1.54, 1.807) is 37.3 Å². The van der Waals surface area contributed by atoms with Gasteiger partial charge in [0, 0.05) is 12.7 Å². The van der Waals surface area contributed by atoms with Gasteiger partial charge in [-0.1, -0.05) is 18.2 Å². The number of nitrogens with zero attached hydrogens (tertiary/aromatic N) is 2. The zero-order chi connectivity index (χ0) is 14.8. The summed E-state index contributed by atoms with van der Waals surface area (Å²) >= 11 is 0. The highest BCUT2D eigenvalue weighted by Crippen LogP contribution is 2.31. The van der Waals surface area contributed by atoms with Crippen LogP contribution in [0.5, 0.6) is 0 Å². The van der Waals surface area contributed by atoms with Gasteiger partial charge in [0.05, 0.1) is 11.3 Å². The average molecular weight is 283 g/mol. The normalized spacial score (nSPS) is 11.4. The quantitative estimate of drug-likeness (QED) is 0.941. The van der Waals surface area contributed by atoms with Gasteiger partial charge in [0.15, 0.2) is 5.69 Å². The van der Waals surface area contributed by atoms with Gasteiger partial charge in [0.1, 0.15) is 0 Å². The summed E-state index contributed by atoms with van der Waals surface area (Å²) in [5, 5.41) is 5.83. The Labute approximate surface area is 113 Å². The second-order valence-corrected chi connectivity index (χ2v) is 4.03. The van der Waals surface area contributed by atoms with Gasteiger partial charge < -0.3 is 5.32 Å². The molecule has 0 atom stereocenters. The van der Waals surface area contributed by atoms with E-state index in [0.717, 1.165) is 10.9 Å². The summed E-state index contributed by atoms with van der Waals surface area (Å²) < 4.78 is 39.8. The van der Waals surface area contributed by atoms with Crippen LogP contribution >= 0.6 is 0 Å². The van der Waals surface area contributed by atoms with Gasteiger partial charge in [-0.25, -0.2) is 4.68 Å². The molecule has 0 aliphatic heterocycles. The lowest BCUT2D eigenvalue weighted by molar-refractivity contribution is -0.141. The molecule has 7 heteroatoms. The lowest BCUT2D eigenvalue weighted by Gasteiger charge is -2.05. The van der Waals surface area contributed by atoms with E-state index in [9.17, 15) is 18.0 Å². The number of halogens is 3. The van der Waals surface area contributed by atoms with Crippen LogP contribution in [0, 0.1) is 0 Å². The van der Waals surface area contributed by atoms with Crippen LogP contribution in [0.3, 0.4) is 0 Å². The number of hydrogen-bond acceptors (Lipinski definition) is 2. The van der Waals surface area contributed by atoms with Crippen LogP contribution in [-0.2, 0) is 6.18 Å². The van der Waals surface area contributed by atoms with Gasteiger partial charge in [-0.2, -0.15) is 18.3 Å². The van der Waals surface area contributed by atoms with Crippen molar-refractivity contribution >= 4 is 5.91 Å². The Morgan fingerprint density at radius 3 is 2.50 bits per heavy atom. The molecule has 1 N–H and O–H groups in total. The fourth-order valence-corrected chi connectivity index (χ4v) is 1.72. The summed E-state index contributed by atoms with van der Waals surface area (Å²) in [6, 6.07) is 8.30. The van der Waals surface area contributed by atoms with Crippen molar-refractivity contribution in [3.05, 3.63) is 47.8 Å². The number of hydrogen-bond donors (Lipinski definition) is 1. The first-order valence-electron chi connectivity index (χ1n) is 5.94. The van der Waals surface area contributed by atoms with Gasteiger partial charge in [-0.3, -0.25) is 4.79 Å². The molecule has 0 saturated heterocycles. The predicted octanol–water partition coefficient (Wildman–Crippen LogP) is 2.64. The molecule has 1 aromatic carbocycles. The first-order valence-corrected chi connectivity index (χ1v) is 5.94. The zero-order valence-corrected chi connectivity index (χ0v) is 10.6. The Morgan fingerprint density at radius 2 is 1.95 bits per heavy atom. The van der Waals surface area contributed by atoms with Crippen LogP contribution in [0.25, 0.3) is 5.69 Å². The van der Waals surface area contributed by atoms with Crippen LogP contribution in [-0.4, -0.2) is 22.2 Å². The molecule has 0 fully saturated rings. The smallest absolute Gasteiger partial charge is 0.352 e. The number of rotatable bonds is 3. The summed E-state index contributed by atoms with van der Waals surface area (Å²) in [4.78, 5) is 11.7. The highest BCUT2D eigenvalue weighted by Gasteiger charge is 2.39. The molecule has 1 heterocycles. The van der Waals surface area contributed by atoms with Crippen LogP contribution < -0.4 is 5.32 Å². The second-order valence-electron chi connectivity index (χ2n) is 4.03. The van der Waals surface area contributed by atoms with Gasteiger partial charge in [0.25, 0.3) is 5.91 Å². The summed E-state index contributed by atoms with van der Waals surface area (Å²) in [5.41, 5.74) is -1.22. The van der Waals surface area contributed by atoms with Crippen molar-refractivity contribution in [3.8, 4) is 5.69 Å². The van der Waals surface area contributed by atoms with Crippen LogP contribution in [0.1, 0.15) is 23.0 Å². The highest BCUT2D eigenvalue weighted by atomic mass is 19.4. The standard InChI is InChI=1S/C13H12F3N3O/c1-2-17-12(20)10-8-19(9-6-4-3-5-7-9)18-11(10)13(14,15)16/h3-8H,2H2,1H3,(H,17,20). The Morgan fingerprint density at radius 1 is 1.30 bits per heavy atom. The van der Waals surface area contributed by atoms with E-state index in [1.165, 1.54) is 0 Å². The Bertz CT molecular complexity index is 605. The molecule has 106 valence electrons. The number of benzene rings is 1. The van der Waals surface area contributed by atoms with E-state index < -0.39 is 23.3 Å². The minimum atomic E-state index is -4.68. The molecule has 0 bridgehead atoms. The number of para-hydroxylation sites is 1. The second kappa shape index (κ2) is 5.36. The van der Waals surface area contributed by atoms with E-state index in [-0.39, 0.29) is 6.54 Å². The number of carbonyl (C=O) groups is 1. The lowest BCUT2D eigenvalue weighted by atomic mass is 10.2. The molecular formula is C13H12F3N3O. The largest absolute Gasteiger partial charge is 0.435 e. The van der Waals surface area contributed by atoms with Crippen LogP contribution in [0.15, 0.2) is 36.5 Å². The minimum absolute atomic E-state index is 0.243. The molecule has 1 aromatic heterocycles. The maximum Gasteiger partial charge on any atom is 0.435 e. The summed E-state index contributed by atoms with van der Waals surface area (Å²) in [5.74, 6) is -0.790. The van der Waals surface area contributed by atoms with Gasteiger partial charge in [0.2, 0.25) is 0 Å². The number of carbonyl (C=O) groups excluding carboxylic acids is 1. The summed E-state index contributed by atoms with van der Waals surface area (Å²) in [6.07, 6.45) is -3.59. The van der Waals surface area contributed by atoms with E-state index in [4.69, 9.17) is 0 Å². The molecule has 0 aliphatic carbocycles. The number of aromatic nitrogens is 2. The Hall–Kier alpha value is -2.31. The van der Waals surface area contributed by atoms with E-state index in [1.807, 2.05) is 0 Å². The van der Waals surface area contributed by atoms with Crippen molar-refractivity contribution < 1.29 is 18.0 Å². The molecule has 0 saturated carbocycles. The van der Waals surface area contributed by atoms with Gasteiger partial charge in [-0.05, 0) is 19.1 Å². The first kappa shape index (κ1) is 14.1. The summed E-state index contributed by atoms with van der Waals surface area (Å²) in [6.45, 7) is 1.87. The maximum absolute atomic E-state index is 12.9. The number of nitrogens with one attached hydrogen (secondary N) is 1. The molecule has 2 aromatic rings. The third-order valence-electron chi connectivity index (χ3n) is 2.59. The van der Waals surface area contributed by atoms with Crippen molar-refractivity contribution in [1.29, 1.82) is 0 Å². The minimum Gasteiger partial charge on any atom is -0.352 e. The predicted molar refractivity (Wildman–Crippen MR) is 66.6 cm³/mol. The fraction of sp³-hybridized carbons (Fsp3) is 0.231. The molecule has 0 unspecified atom stereocenters. The third-order valence-corrected chi connectivity index (χ3v) is 2.59. The third kappa shape index (κ3) is 2.81. The van der Waals surface area contributed by atoms with E-state index in [2.05, 4.69) is 10.4 Å². The van der Waals surface area contributed by atoms with Crippen LogP contribution in [0.4, 0.5) is 13.2 Å². The molecule has 20 heavy (non-hydrogen) atoms. The molecule has 4 nitrogen and oxygen atoms in total. The van der Waals surface area contributed by atoms with E-state index in [0.29, 0.717) is 5.69 Å². The average Bonchev–Trinajstić information content (AvgIpc) is 2.85. The van der Waals surface area contributed by atoms with Crippen molar-refractivity contribution in [2.24, 2.45) is 0 Å². The summed E-state index contributed by atoms with van der Waals surface area (Å²) in [7, 11) is 0. The number of amides is 1. The molecule has 2 rings (SSSR count). The Balaban J connectivity index is 2.50. The van der Waals surface area contributed by atoms with Gasteiger partial charge in [-0.15, -0.1) is 0 Å². The van der Waals surface area contributed by atoms with Crippen molar-refractivity contribution in [1.82, 2.24) is 15.1 Å². The molecule has 0 radical (unpaired) electrons. The number of alkyl halides is 3. The monoisotopic (exact) mass is 283 g/mol. The van der Waals surface area contributed by atoms with Crippen LogP contribution in [0.2, 0.25) is 0 Å². The van der Waals surface area contributed by atoms with Crippen molar-refractivity contribution in [3.63, 3.8) is 0 Å². The maximum atomic E-state index is 12.9. The van der Waals surface area contributed by atoms with E-state index >= 15 is 0 Å².